The first-order valence-corrected chi connectivity index (χ1v) is 10.0. The highest BCUT2D eigenvalue weighted by Gasteiger charge is 2.26. The molecule has 3 aromatic rings. The summed E-state index contributed by atoms with van der Waals surface area (Å²) in [4.78, 5) is 23.5. The highest BCUT2D eigenvalue weighted by atomic mass is 19.1. The van der Waals surface area contributed by atoms with Crippen molar-refractivity contribution in [2.24, 2.45) is 0 Å². The number of piperidine rings is 1. The second-order valence-corrected chi connectivity index (χ2v) is 7.64. The highest BCUT2D eigenvalue weighted by molar-refractivity contribution is 5.94. The van der Waals surface area contributed by atoms with Crippen LogP contribution in [0.3, 0.4) is 0 Å². The lowest BCUT2D eigenvalue weighted by molar-refractivity contribution is 0.0705. The lowest BCUT2D eigenvalue weighted by Crippen LogP contribution is -2.39. The maximum atomic E-state index is 14.1. The van der Waals surface area contributed by atoms with Gasteiger partial charge in [0.25, 0.3) is 5.91 Å². The molecule has 4 nitrogen and oxygen atoms in total. The van der Waals surface area contributed by atoms with Crippen LogP contribution in [0.5, 0.6) is 0 Å². The molecule has 1 atom stereocenters. The monoisotopic (exact) mass is 389 g/mol. The molecule has 1 aromatic carbocycles. The van der Waals surface area contributed by atoms with Crippen molar-refractivity contribution in [3.63, 3.8) is 0 Å². The third-order valence-corrected chi connectivity index (χ3v) is 5.44. The van der Waals surface area contributed by atoms with Crippen molar-refractivity contribution in [2.75, 3.05) is 13.1 Å². The zero-order valence-electron chi connectivity index (χ0n) is 16.5. The minimum Gasteiger partial charge on any atom is -0.338 e. The molecule has 1 saturated heterocycles. The predicted octanol–water partition coefficient (Wildman–Crippen LogP) is 4.53. The molecule has 1 aliphatic heterocycles. The lowest BCUT2D eigenvalue weighted by Gasteiger charge is -2.33. The van der Waals surface area contributed by atoms with Crippen LogP contribution in [0, 0.1) is 12.7 Å². The van der Waals surface area contributed by atoms with Crippen LogP contribution in [0.4, 0.5) is 4.39 Å². The molecule has 1 amide bonds. The highest BCUT2D eigenvalue weighted by Crippen LogP contribution is 2.28. The van der Waals surface area contributed by atoms with Gasteiger partial charge >= 0.3 is 0 Å². The molecule has 3 heterocycles. The van der Waals surface area contributed by atoms with Gasteiger partial charge in [-0.25, -0.2) is 4.39 Å². The van der Waals surface area contributed by atoms with Crippen LogP contribution >= 0.6 is 0 Å². The lowest BCUT2D eigenvalue weighted by atomic mass is 9.92. The number of aryl methyl sites for hydroxylation is 1. The van der Waals surface area contributed by atoms with Crippen molar-refractivity contribution in [1.82, 2.24) is 14.9 Å². The van der Waals surface area contributed by atoms with Crippen molar-refractivity contribution >= 4 is 5.91 Å². The van der Waals surface area contributed by atoms with Crippen molar-refractivity contribution < 1.29 is 9.18 Å². The van der Waals surface area contributed by atoms with E-state index >= 15 is 0 Å². The summed E-state index contributed by atoms with van der Waals surface area (Å²) in [6, 6.07) is 14.5. The number of likely N-dealkylation sites (tertiary alicyclic amines) is 1. The molecule has 0 radical (unpaired) electrons. The number of halogens is 1. The van der Waals surface area contributed by atoms with Crippen LogP contribution in [0.1, 0.15) is 51.6 Å². The number of hydrogen-bond acceptors (Lipinski definition) is 3. The van der Waals surface area contributed by atoms with Gasteiger partial charge in [0, 0.05) is 54.8 Å². The number of nitrogens with zero attached hydrogens (tertiary/aromatic N) is 3. The van der Waals surface area contributed by atoms with E-state index in [1.165, 1.54) is 6.07 Å². The number of carbonyl (C=O) groups is 1. The fourth-order valence-corrected chi connectivity index (χ4v) is 4.02. The van der Waals surface area contributed by atoms with E-state index in [1.54, 1.807) is 30.6 Å². The third kappa shape index (κ3) is 4.50. The Hall–Kier alpha value is -3.08. The third-order valence-electron chi connectivity index (χ3n) is 5.44. The van der Waals surface area contributed by atoms with Gasteiger partial charge in [0.1, 0.15) is 5.82 Å². The van der Waals surface area contributed by atoms with Crippen LogP contribution in [0.15, 0.2) is 60.9 Å². The molecule has 148 valence electrons. The number of carbonyl (C=O) groups excluding carboxylic acids is 1. The summed E-state index contributed by atoms with van der Waals surface area (Å²) < 4.78 is 14.1. The largest absolute Gasteiger partial charge is 0.338 e. The number of pyridine rings is 2. The molecule has 0 aliphatic carbocycles. The van der Waals surface area contributed by atoms with E-state index in [2.05, 4.69) is 11.1 Å². The first kappa shape index (κ1) is 19.2. The van der Waals surface area contributed by atoms with Gasteiger partial charge in [-0.2, -0.15) is 0 Å². The second kappa shape index (κ2) is 8.52. The Bertz CT molecular complexity index is 1010. The molecule has 4 rings (SSSR count). The molecular formula is C24H24FN3O. The van der Waals surface area contributed by atoms with Crippen LogP contribution in [-0.2, 0) is 6.42 Å². The van der Waals surface area contributed by atoms with Gasteiger partial charge < -0.3 is 4.90 Å². The van der Waals surface area contributed by atoms with E-state index in [4.69, 9.17) is 4.98 Å². The van der Waals surface area contributed by atoms with Gasteiger partial charge in [-0.05, 0) is 61.2 Å². The summed E-state index contributed by atoms with van der Waals surface area (Å²) in [5.41, 5.74) is 4.31. The minimum absolute atomic E-state index is 0.0383. The van der Waals surface area contributed by atoms with Gasteiger partial charge in [0.15, 0.2) is 0 Å². The average molecular weight is 389 g/mol. The fraction of sp³-hybridized carbons (Fsp3) is 0.292. The van der Waals surface area contributed by atoms with E-state index < -0.39 is 0 Å². The number of benzene rings is 1. The van der Waals surface area contributed by atoms with Gasteiger partial charge in [-0.15, -0.1) is 0 Å². The van der Waals surface area contributed by atoms with E-state index in [0.717, 1.165) is 36.3 Å². The average Bonchev–Trinajstić information content (AvgIpc) is 2.75. The second-order valence-electron chi connectivity index (χ2n) is 7.64. The maximum absolute atomic E-state index is 14.1. The summed E-state index contributed by atoms with van der Waals surface area (Å²) in [6.45, 7) is 3.37. The van der Waals surface area contributed by atoms with Crippen molar-refractivity contribution in [3.05, 3.63) is 94.8 Å². The molecule has 0 bridgehead atoms. The van der Waals surface area contributed by atoms with Crippen LogP contribution in [0.2, 0.25) is 0 Å². The first-order chi connectivity index (χ1) is 14.1. The fourth-order valence-electron chi connectivity index (χ4n) is 4.02. The molecule has 5 heteroatoms. The Labute approximate surface area is 170 Å². The molecule has 29 heavy (non-hydrogen) atoms. The standard InChI is InChI=1S/C24H24FN3O/c1-17-13-18(14-20-5-2-3-7-22(20)25)15-23(27-17)21-6-4-12-28(16-21)24(29)19-8-10-26-11-9-19/h2-3,5,7-11,13,15,21H,4,6,12,14,16H2,1H3/t21-/m0/s1. The molecular weight excluding hydrogens is 365 g/mol. The number of amides is 1. The van der Waals surface area contributed by atoms with E-state index in [0.29, 0.717) is 24.1 Å². The summed E-state index contributed by atoms with van der Waals surface area (Å²) in [5, 5.41) is 0. The number of rotatable bonds is 4. The topological polar surface area (TPSA) is 46.1 Å². The van der Waals surface area contributed by atoms with E-state index in [9.17, 15) is 9.18 Å². The van der Waals surface area contributed by atoms with Crippen molar-refractivity contribution in [3.8, 4) is 0 Å². The Morgan fingerprint density at radius 3 is 2.76 bits per heavy atom. The Morgan fingerprint density at radius 1 is 1.17 bits per heavy atom. The van der Waals surface area contributed by atoms with Gasteiger partial charge in [0.05, 0.1) is 0 Å². The van der Waals surface area contributed by atoms with Crippen LogP contribution < -0.4 is 0 Å². The number of aromatic nitrogens is 2. The zero-order valence-corrected chi connectivity index (χ0v) is 16.5. The minimum atomic E-state index is -0.185. The van der Waals surface area contributed by atoms with Gasteiger partial charge in [0.2, 0.25) is 0 Å². The molecule has 0 N–H and O–H groups in total. The van der Waals surface area contributed by atoms with Crippen molar-refractivity contribution in [1.29, 1.82) is 0 Å². The zero-order chi connectivity index (χ0) is 20.2. The summed E-state index contributed by atoms with van der Waals surface area (Å²) in [7, 11) is 0. The summed E-state index contributed by atoms with van der Waals surface area (Å²) in [5.74, 6) is 0.0421. The Balaban J connectivity index is 1.54. The Kier molecular flexibility index (Phi) is 5.65. The van der Waals surface area contributed by atoms with Crippen LogP contribution in [0.25, 0.3) is 0 Å². The van der Waals surface area contributed by atoms with E-state index in [1.807, 2.05) is 30.0 Å². The molecule has 0 spiro atoms. The normalized spacial score (nSPS) is 16.6. The summed E-state index contributed by atoms with van der Waals surface area (Å²) in [6.07, 6.45) is 5.77. The first-order valence-electron chi connectivity index (χ1n) is 10.0. The number of hydrogen-bond donors (Lipinski definition) is 0. The molecule has 1 fully saturated rings. The van der Waals surface area contributed by atoms with Crippen molar-refractivity contribution in [2.45, 2.75) is 32.1 Å². The van der Waals surface area contributed by atoms with E-state index in [-0.39, 0.29) is 17.6 Å². The molecule has 1 aliphatic rings. The SMILES string of the molecule is Cc1cc(Cc2ccccc2F)cc([C@H]2CCCN(C(=O)c3ccncc3)C2)n1. The van der Waals surface area contributed by atoms with Gasteiger partial charge in [-0.3, -0.25) is 14.8 Å². The molecule has 0 saturated carbocycles. The maximum Gasteiger partial charge on any atom is 0.253 e. The van der Waals surface area contributed by atoms with Crippen LogP contribution in [-0.4, -0.2) is 33.9 Å². The quantitative estimate of drug-likeness (QED) is 0.658. The predicted molar refractivity (Wildman–Crippen MR) is 110 cm³/mol. The Morgan fingerprint density at radius 2 is 1.97 bits per heavy atom. The molecule has 2 aromatic heterocycles. The molecule has 0 unspecified atom stereocenters. The van der Waals surface area contributed by atoms with Gasteiger partial charge in [-0.1, -0.05) is 18.2 Å². The summed E-state index contributed by atoms with van der Waals surface area (Å²) >= 11 is 0. The smallest absolute Gasteiger partial charge is 0.253 e.